The molecule has 0 saturated heterocycles. The molecule has 1 aromatic carbocycles. The minimum absolute atomic E-state index is 0.0513. The average molecular weight is 357 g/mol. The lowest BCUT2D eigenvalue weighted by Gasteiger charge is -2.10. The lowest BCUT2D eigenvalue weighted by Crippen LogP contribution is -2.29. The van der Waals surface area contributed by atoms with Crippen molar-refractivity contribution in [2.24, 2.45) is 0 Å². The van der Waals surface area contributed by atoms with Crippen molar-refractivity contribution < 1.29 is 9.53 Å². The van der Waals surface area contributed by atoms with E-state index >= 15 is 0 Å². The maximum atomic E-state index is 11.6. The van der Waals surface area contributed by atoms with Gasteiger partial charge in [0.1, 0.15) is 5.75 Å². The van der Waals surface area contributed by atoms with Crippen molar-refractivity contribution in [3.63, 3.8) is 0 Å². The van der Waals surface area contributed by atoms with E-state index in [1.807, 2.05) is 18.2 Å². The van der Waals surface area contributed by atoms with Crippen LogP contribution in [-0.2, 0) is 11.3 Å². The van der Waals surface area contributed by atoms with Gasteiger partial charge in [0.05, 0.1) is 4.47 Å². The third-order valence-corrected chi connectivity index (χ3v) is 3.58. The molecule has 21 heavy (non-hydrogen) atoms. The predicted molar refractivity (Wildman–Crippen MR) is 89.6 cm³/mol. The summed E-state index contributed by atoms with van der Waals surface area (Å²) >= 11 is 3.49. The molecule has 1 amide bonds. The van der Waals surface area contributed by atoms with Gasteiger partial charge >= 0.3 is 0 Å². The van der Waals surface area contributed by atoms with Crippen LogP contribution in [0.2, 0.25) is 0 Å². The summed E-state index contributed by atoms with van der Waals surface area (Å²) in [7, 11) is 0. The van der Waals surface area contributed by atoms with Crippen LogP contribution in [0.15, 0.2) is 22.7 Å². The molecule has 0 aliphatic heterocycles. The molecule has 0 unspecified atom stereocenters. The Morgan fingerprint density at radius 2 is 2.05 bits per heavy atom. The maximum absolute atomic E-state index is 11.6. The average Bonchev–Trinajstić information content (AvgIpc) is 2.47. The van der Waals surface area contributed by atoms with E-state index < -0.39 is 0 Å². The minimum Gasteiger partial charge on any atom is -0.483 e. The molecule has 0 spiro atoms. The van der Waals surface area contributed by atoms with Gasteiger partial charge in [-0.15, -0.1) is 0 Å². The topological polar surface area (TPSA) is 50.4 Å². The van der Waals surface area contributed by atoms with Crippen LogP contribution >= 0.6 is 15.9 Å². The van der Waals surface area contributed by atoms with Crippen LogP contribution in [0.3, 0.4) is 0 Å². The number of carbonyl (C=O) groups excluding carboxylic acids is 1. The standard InChI is InChI=1S/C16H25BrN2O2/c1-3-5-9-19-16(20)12-21-15-7-6-13(10-14(15)17)11-18-8-4-2/h6-7,10,18H,3-5,8-9,11-12H2,1-2H3,(H,19,20). The number of carbonyl (C=O) groups is 1. The molecule has 1 rings (SSSR count). The number of amides is 1. The molecular weight excluding hydrogens is 332 g/mol. The van der Waals surface area contributed by atoms with Gasteiger partial charge in [0, 0.05) is 13.1 Å². The van der Waals surface area contributed by atoms with Gasteiger partial charge in [-0.1, -0.05) is 26.3 Å². The van der Waals surface area contributed by atoms with Crippen molar-refractivity contribution in [1.29, 1.82) is 0 Å². The molecular formula is C16H25BrN2O2. The van der Waals surface area contributed by atoms with Gasteiger partial charge in [-0.25, -0.2) is 0 Å². The fourth-order valence-electron chi connectivity index (χ4n) is 1.78. The summed E-state index contributed by atoms with van der Waals surface area (Å²) in [6, 6.07) is 5.93. The third-order valence-electron chi connectivity index (χ3n) is 2.96. The second-order valence-electron chi connectivity index (χ2n) is 4.93. The summed E-state index contributed by atoms with van der Waals surface area (Å²) in [5, 5.41) is 6.18. The van der Waals surface area contributed by atoms with Gasteiger partial charge in [0.2, 0.25) is 0 Å². The van der Waals surface area contributed by atoms with E-state index in [0.717, 1.165) is 36.8 Å². The summed E-state index contributed by atoms with van der Waals surface area (Å²) in [4.78, 5) is 11.6. The van der Waals surface area contributed by atoms with Crippen molar-refractivity contribution in [3.05, 3.63) is 28.2 Å². The number of halogens is 1. The van der Waals surface area contributed by atoms with E-state index in [2.05, 4.69) is 40.4 Å². The summed E-state index contributed by atoms with van der Waals surface area (Å²) in [5.41, 5.74) is 1.19. The van der Waals surface area contributed by atoms with E-state index in [-0.39, 0.29) is 12.5 Å². The Balaban J connectivity index is 2.39. The molecule has 0 aliphatic rings. The first-order valence-corrected chi connectivity index (χ1v) is 8.35. The maximum Gasteiger partial charge on any atom is 0.257 e. The molecule has 0 atom stereocenters. The van der Waals surface area contributed by atoms with Crippen molar-refractivity contribution in [3.8, 4) is 5.75 Å². The molecule has 0 fully saturated rings. The Morgan fingerprint density at radius 3 is 2.71 bits per heavy atom. The molecule has 5 heteroatoms. The van der Waals surface area contributed by atoms with Gasteiger partial charge in [0.15, 0.2) is 6.61 Å². The van der Waals surface area contributed by atoms with Crippen molar-refractivity contribution in [2.45, 2.75) is 39.7 Å². The second kappa shape index (κ2) is 10.6. The Kier molecular flexibility index (Phi) is 9.10. The summed E-state index contributed by atoms with van der Waals surface area (Å²) in [6.45, 7) is 6.85. The number of benzene rings is 1. The first-order chi connectivity index (χ1) is 10.2. The third kappa shape index (κ3) is 7.48. The molecule has 0 radical (unpaired) electrons. The Morgan fingerprint density at radius 1 is 1.24 bits per heavy atom. The summed E-state index contributed by atoms with van der Waals surface area (Å²) in [6.07, 6.45) is 3.19. The zero-order valence-electron chi connectivity index (χ0n) is 12.9. The summed E-state index contributed by atoms with van der Waals surface area (Å²) < 4.78 is 6.41. The summed E-state index contributed by atoms with van der Waals surface area (Å²) in [5.74, 6) is 0.615. The van der Waals surface area contributed by atoms with E-state index in [0.29, 0.717) is 12.3 Å². The van der Waals surface area contributed by atoms with E-state index in [4.69, 9.17) is 4.74 Å². The molecule has 2 N–H and O–H groups in total. The zero-order chi connectivity index (χ0) is 15.5. The van der Waals surface area contributed by atoms with Crippen molar-refractivity contribution in [1.82, 2.24) is 10.6 Å². The Hall–Kier alpha value is -1.07. The first-order valence-electron chi connectivity index (χ1n) is 7.56. The van der Waals surface area contributed by atoms with Crippen molar-refractivity contribution in [2.75, 3.05) is 19.7 Å². The van der Waals surface area contributed by atoms with Crippen LogP contribution in [0.25, 0.3) is 0 Å². The van der Waals surface area contributed by atoms with Gasteiger partial charge in [-0.2, -0.15) is 0 Å². The van der Waals surface area contributed by atoms with Crippen LogP contribution in [0, 0.1) is 0 Å². The molecule has 1 aromatic rings. The van der Waals surface area contributed by atoms with Gasteiger partial charge in [0.25, 0.3) is 5.91 Å². The smallest absolute Gasteiger partial charge is 0.257 e. The minimum atomic E-state index is -0.0796. The fraction of sp³-hybridized carbons (Fsp3) is 0.562. The lowest BCUT2D eigenvalue weighted by molar-refractivity contribution is -0.123. The number of hydrogen-bond donors (Lipinski definition) is 2. The monoisotopic (exact) mass is 356 g/mol. The number of hydrogen-bond acceptors (Lipinski definition) is 3. The Labute approximate surface area is 135 Å². The Bertz CT molecular complexity index is 438. The highest BCUT2D eigenvalue weighted by molar-refractivity contribution is 9.10. The van der Waals surface area contributed by atoms with Crippen molar-refractivity contribution >= 4 is 21.8 Å². The number of ether oxygens (including phenoxy) is 1. The van der Waals surface area contributed by atoms with E-state index in [1.165, 1.54) is 5.56 Å². The molecule has 4 nitrogen and oxygen atoms in total. The number of rotatable bonds is 10. The highest BCUT2D eigenvalue weighted by Gasteiger charge is 2.06. The van der Waals surface area contributed by atoms with Gasteiger partial charge < -0.3 is 15.4 Å². The first kappa shape index (κ1) is 18.0. The largest absolute Gasteiger partial charge is 0.483 e. The zero-order valence-corrected chi connectivity index (χ0v) is 14.5. The molecule has 118 valence electrons. The second-order valence-corrected chi connectivity index (χ2v) is 5.79. The SMILES string of the molecule is CCCCNC(=O)COc1ccc(CNCCC)cc1Br. The van der Waals surface area contributed by atoms with Crippen LogP contribution in [0.1, 0.15) is 38.7 Å². The highest BCUT2D eigenvalue weighted by Crippen LogP contribution is 2.25. The number of nitrogens with one attached hydrogen (secondary N) is 2. The molecule has 0 heterocycles. The van der Waals surface area contributed by atoms with Crippen LogP contribution in [0.5, 0.6) is 5.75 Å². The lowest BCUT2D eigenvalue weighted by atomic mass is 10.2. The highest BCUT2D eigenvalue weighted by atomic mass is 79.9. The molecule has 0 aromatic heterocycles. The predicted octanol–water partition coefficient (Wildman–Crippen LogP) is 3.24. The van der Waals surface area contributed by atoms with Crippen LogP contribution in [0.4, 0.5) is 0 Å². The van der Waals surface area contributed by atoms with Gasteiger partial charge in [-0.3, -0.25) is 4.79 Å². The van der Waals surface area contributed by atoms with Gasteiger partial charge in [-0.05, 0) is 53.0 Å². The molecule has 0 aliphatic carbocycles. The van der Waals surface area contributed by atoms with E-state index in [9.17, 15) is 4.79 Å². The fourth-order valence-corrected chi connectivity index (χ4v) is 2.32. The van der Waals surface area contributed by atoms with E-state index in [1.54, 1.807) is 0 Å². The normalized spacial score (nSPS) is 10.4. The van der Waals surface area contributed by atoms with Crippen LogP contribution in [-0.4, -0.2) is 25.6 Å². The number of unbranched alkanes of at least 4 members (excludes halogenated alkanes) is 1. The molecule has 0 saturated carbocycles. The molecule has 0 bridgehead atoms. The van der Waals surface area contributed by atoms with Crippen LogP contribution < -0.4 is 15.4 Å². The quantitative estimate of drug-likeness (QED) is 0.632.